The monoisotopic (exact) mass is 356 g/mol. The second-order valence-corrected chi connectivity index (χ2v) is 6.95. The fraction of sp³-hybridized carbons (Fsp3) is 0.500. The molecule has 0 N–H and O–H groups in total. The van der Waals surface area contributed by atoms with Gasteiger partial charge in [-0.2, -0.15) is 0 Å². The first-order valence-corrected chi connectivity index (χ1v) is 9.02. The first-order valence-electron chi connectivity index (χ1n) is 9.02. The molecule has 1 aromatic carbocycles. The number of nitrogens with zero attached hydrogens (tertiary/aromatic N) is 4. The van der Waals surface area contributed by atoms with E-state index in [1.807, 2.05) is 24.4 Å². The van der Waals surface area contributed by atoms with Crippen molar-refractivity contribution in [3.63, 3.8) is 0 Å². The summed E-state index contributed by atoms with van der Waals surface area (Å²) in [6.45, 7) is 2.69. The Morgan fingerprint density at radius 2 is 2.04 bits per heavy atom. The van der Waals surface area contributed by atoms with Gasteiger partial charge in [-0.05, 0) is 45.6 Å². The minimum Gasteiger partial charge on any atom is -0.497 e. The predicted octanol–water partition coefficient (Wildman–Crippen LogP) is 2.89. The van der Waals surface area contributed by atoms with Crippen molar-refractivity contribution in [2.75, 3.05) is 34.9 Å². The number of hydrogen-bond donors (Lipinski definition) is 0. The fourth-order valence-electron chi connectivity index (χ4n) is 3.49. The Morgan fingerprint density at radius 3 is 2.77 bits per heavy atom. The summed E-state index contributed by atoms with van der Waals surface area (Å²) in [7, 11) is 7.48. The van der Waals surface area contributed by atoms with Crippen LogP contribution >= 0.6 is 0 Å². The minimum atomic E-state index is 0.254. The molecule has 1 aliphatic rings. The number of methoxy groups -OCH3 is 2. The van der Waals surface area contributed by atoms with Gasteiger partial charge in [-0.15, -0.1) is 0 Å². The summed E-state index contributed by atoms with van der Waals surface area (Å²) in [5, 5.41) is 0. The number of hydrogen-bond acceptors (Lipinski definition) is 6. The molecule has 1 aliphatic heterocycles. The van der Waals surface area contributed by atoms with Crippen LogP contribution in [-0.4, -0.2) is 54.6 Å². The molecule has 0 aliphatic carbocycles. The van der Waals surface area contributed by atoms with Crippen molar-refractivity contribution in [3.05, 3.63) is 47.5 Å². The molecule has 1 saturated heterocycles. The third-order valence-corrected chi connectivity index (χ3v) is 4.74. The van der Waals surface area contributed by atoms with Gasteiger partial charge in [0, 0.05) is 30.9 Å². The van der Waals surface area contributed by atoms with E-state index in [9.17, 15) is 0 Å². The summed E-state index contributed by atoms with van der Waals surface area (Å²) in [6.07, 6.45) is 4.12. The van der Waals surface area contributed by atoms with Crippen LogP contribution in [0.2, 0.25) is 0 Å². The van der Waals surface area contributed by atoms with Crippen molar-refractivity contribution in [3.8, 4) is 11.5 Å². The van der Waals surface area contributed by atoms with Gasteiger partial charge in [-0.3, -0.25) is 4.90 Å². The quantitative estimate of drug-likeness (QED) is 0.760. The van der Waals surface area contributed by atoms with Gasteiger partial charge in [0.25, 0.3) is 0 Å². The molecule has 0 bridgehead atoms. The highest BCUT2D eigenvalue weighted by Gasteiger charge is 2.29. The zero-order valence-electron chi connectivity index (χ0n) is 16.1. The van der Waals surface area contributed by atoms with Crippen LogP contribution < -0.4 is 9.47 Å². The molecule has 0 saturated carbocycles. The average Bonchev–Trinajstić information content (AvgIpc) is 3.10. The Morgan fingerprint density at radius 1 is 1.19 bits per heavy atom. The van der Waals surface area contributed by atoms with E-state index in [1.165, 1.54) is 0 Å². The summed E-state index contributed by atoms with van der Waals surface area (Å²) >= 11 is 0. The van der Waals surface area contributed by atoms with E-state index in [-0.39, 0.29) is 6.04 Å². The molecule has 0 spiro atoms. The Labute approximate surface area is 155 Å². The van der Waals surface area contributed by atoms with E-state index in [2.05, 4.69) is 34.9 Å². The summed E-state index contributed by atoms with van der Waals surface area (Å²) in [6, 6.07) is 8.25. The zero-order chi connectivity index (χ0) is 18.5. The maximum Gasteiger partial charge on any atom is 0.145 e. The third-order valence-electron chi connectivity index (χ3n) is 4.74. The van der Waals surface area contributed by atoms with Crippen LogP contribution in [0.3, 0.4) is 0 Å². The molecular formula is C20H28N4O2. The highest BCUT2D eigenvalue weighted by molar-refractivity contribution is 5.40. The number of rotatable bonds is 7. The van der Waals surface area contributed by atoms with Crippen molar-refractivity contribution in [1.82, 2.24) is 19.8 Å². The fourth-order valence-corrected chi connectivity index (χ4v) is 3.49. The lowest BCUT2D eigenvalue weighted by molar-refractivity contribution is 0.235. The topological polar surface area (TPSA) is 50.7 Å². The first-order chi connectivity index (χ1) is 12.6. The van der Waals surface area contributed by atoms with E-state index in [0.717, 1.165) is 61.1 Å². The normalized spacial score (nSPS) is 17.7. The maximum absolute atomic E-state index is 5.56. The number of aromatic nitrogens is 2. The van der Waals surface area contributed by atoms with Crippen LogP contribution in [0.15, 0.2) is 30.5 Å². The Balaban J connectivity index is 1.79. The zero-order valence-corrected chi connectivity index (χ0v) is 16.1. The molecule has 6 heteroatoms. The summed E-state index contributed by atoms with van der Waals surface area (Å²) in [5.74, 6) is 2.59. The lowest BCUT2D eigenvalue weighted by Crippen LogP contribution is -2.25. The lowest BCUT2D eigenvalue weighted by Gasteiger charge is -2.24. The second-order valence-electron chi connectivity index (χ2n) is 6.95. The Kier molecular flexibility index (Phi) is 6.06. The molecule has 140 valence electrons. The highest BCUT2D eigenvalue weighted by atomic mass is 16.5. The van der Waals surface area contributed by atoms with Crippen LogP contribution in [-0.2, 0) is 13.1 Å². The van der Waals surface area contributed by atoms with Crippen LogP contribution in [0.5, 0.6) is 11.5 Å². The number of ether oxygens (including phenoxy) is 2. The Hall–Kier alpha value is -2.18. The molecule has 3 rings (SSSR count). The van der Waals surface area contributed by atoms with Gasteiger partial charge < -0.3 is 14.4 Å². The van der Waals surface area contributed by atoms with Crippen LogP contribution in [0.1, 0.15) is 36.0 Å². The third kappa shape index (κ3) is 4.31. The van der Waals surface area contributed by atoms with Gasteiger partial charge in [-0.1, -0.05) is 6.07 Å². The molecule has 1 fully saturated rings. The predicted molar refractivity (Wildman–Crippen MR) is 101 cm³/mol. The molecule has 2 aromatic rings. The van der Waals surface area contributed by atoms with Crippen LogP contribution in [0.25, 0.3) is 0 Å². The molecule has 6 nitrogen and oxygen atoms in total. The van der Waals surface area contributed by atoms with Gasteiger partial charge in [0.1, 0.15) is 17.3 Å². The number of likely N-dealkylation sites (tertiary alicyclic amines) is 1. The second kappa shape index (κ2) is 8.47. The molecule has 1 aromatic heterocycles. The van der Waals surface area contributed by atoms with E-state index in [1.54, 1.807) is 14.2 Å². The van der Waals surface area contributed by atoms with Gasteiger partial charge in [0.2, 0.25) is 0 Å². The average molecular weight is 356 g/mol. The van der Waals surface area contributed by atoms with E-state index < -0.39 is 0 Å². The number of benzene rings is 1. The van der Waals surface area contributed by atoms with Crippen LogP contribution in [0, 0.1) is 0 Å². The standard InChI is InChI=1S/C20H28N4O2/c1-23(2)14-16-9-10-21-20(22-16)18-6-5-11-24(18)13-15-7-8-17(25-3)12-19(15)26-4/h7-10,12,18H,5-6,11,13-14H2,1-4H3. The largest absolute Gasteiger partial charge is 0.497 e. The van der Waals surface area contributed by atoms with Crippen molar-refractivity contribution in [2.45, 2.75) is 32.0 Å². The molecule has 0 amide bonds. The summed E-state index contributed by atoms with van der Waals surface area (Å²) < 4.78 is 10.9. The van der Waals surface area contributed by atoms with Gasteiger partial charge >= 0.3 is 0 Å². The van der Waals surface area contributed by atoms with Crippen LogP contribution in [0.4, 0.5) is 0 Å². The van der Waals surface area contributed by atoms with Crippen molar-refractivity contribution in [1.29, 1.82) is 0 Å². The molecule has 2 heterocycles. The molecule has 1 atom stereocenters. The SMILES string of the molecule is COc1ccc(CN2CCCC2c2nccc(CN(C)C)n2)c(OC)c1. The van der Waals surface area contributed by atoms with E-state index >= 15 is 0 Å². The lowest BCUT2D eigenvalue weighted by atomic mass is 10.1. The van der Waals surface area contributed by atoms with E-state index in [4.69, 9.17) is 14.5 Å². The molecule has 26 heavy (non-hydrogen) atoms. The van der Waals surface area contributed by atoms with Crippen molar-refractivity contribution in [2.24, 2.45) is 0 Å². The van der Waals surface area contributed by atoms with Crippen molar-refractivity contribution < 1.29 is 9.47 Å². The highest BCUT2D eigenvalue weighted by Crippen LogP contribution is 2.34. The smallest absolute Gasteiger partial charge is 0.145 e. The molecular weight excluding hydrogens is 328 g/mol. The van der Waals surface area contributed by atoms with Gasteiger partial charge in [0.05, 0.1) is 26.0 Å². The summed E-state index contributed by atoms with van der Waals surface area (Å²) in [4.78, 5) is 13.9. The van der Waals surface area contributed by atoms with Crippen molar-refractivity contribution >= 4 is 0 Å². The molecule has 0 radical (unpaired) electrons. The molecule has 1 unspecified atom stereocenters. The summed E-state index contributed by atoms with van der Waals surface area (Å²) in [5.41, 5.74) is 2.22. The first kappa shape index (κ1) is 18.6. The maximum atomic E-state index is 5.56. The minimum absolute atomic E-state index is 0.254. The van der Waals surface area contributed by atoms with Gasteiger partial charge in [0.15, 0.2) is 0 Å². The Bertz CT molecular complexity index is 736. The van der Waals surface area contributed by atoms with E-state index in [0.29, 0.717) is 0 Å². The van der Waals surface area contributed by atoms with Gasteiger partial charge in [-0.25, -0.2) is 9.97 Å².